The van der Waals surface area contributed by atoms with Gasteiger partial charge in [-0.1, -0.05) is 11.6 Å². The fourth-order valence-corrected chi connectivity index (χ4v) is 1.49. The van der Waals surface area contributed by atoms with Crippen LogP contribution in [0.2, 0.25) is 5.15 Å². The smallest absolute Gasteiger partial charge is 0.288 e. The number of pyridine rings is 1. The molecule has 1 aromatic rings. The van der Waals surface area contributed by atoms with Crippen LogP contribution in [0.25, 0.3) is 0 Å². The molecule has 0 saturated heterocycles. The molecule has 0 atom stereocenters. The number of halogens is 1. The van der Waals surface area contributed by atoms with E-state index in [0.29, 0.717) is 0 Å². The van der Waals surface area contributed by atoms with Crippen LogP contribution in [0.15, 0.2) is 12.3 Å². The Kier molecular flexibility index (Phi) is 5.39. The van der Waals surface area contributed by atoms with Crippen molar-refractivity contribution >= 4 is 29.1 Å². The molecule has 0 bridgehead atoms. The molecular formula is C11H13ClN4O4. The van der Waals surface area contributed by atoms with Gasteiger partial charge in [0.1, 0.15) is 11.3 Å². The van der Waals surface area contributed by atoms with Gasteiger partial charge >= 0.3 is 0 Å². The highest BCUT2D eigenvalue weighted by molar-refractivity contribution is 6.32. The van der Waals surface area contributed by atoms with Crippen molar-refractivity contribution in [2.45, 2.75) is 6.42 Å². The summed E-state index contributed by atoms with van der Waals surface area (Å²) < 4.78 is 0. The van der Waals surface area contributed by atoms with Gasteiger partial charge in [0.05, 0.1) is 10.5 Å². The zero-order chi connectivity index (χ0) is 15.3. The monoisotopic (exact) mass is 300 g/mol. The number of nitrogens with zero attached hydrogens (tertiary/aromatic N) is 3. The second kappa shape index (κ2) is 6.80. The zero-order valence-corrected chi connectivity index (χ0v) is 11.7. The minimum atomic E-state index is -0.671. The summed E-state index contributed by atoms with van der Waals surface area (Å²) >= 11 is 5.72. The van der Waals surface area contributed by atoms with Crippen LogP contribution in [0.4, 0.5) is 5.69 Å². The molecule has 1 N–H and O–H groups in total. The topological polar surface area (TPSA) is 105 Å². The molecule has 0 aliphatic rings. The van der Waals surface area contributed by atoms with Gasteiger partial charge in [0.15, 0.2) is 0 Å². The highest BCUT2D eigenvalue weighted by Gasteiger charge is 2.17. The highest BCUT2D eigenvalue weighted by Crippen LogP contribution is 2.18. The minimum Gasteiger partial charge on any atom is -0.351 e. The van der Waals surface area contributed by atoms with E-state index >= 15 is 0 Å². The lowest BCUT2D eigenvalue weighted by atomic mass is 10.2. The molecule has 0 radical (unpaired) electrons. The summed E-state index contributed by atoms with van der Waals surface area (Å²) in [5, 5.41) is 12.9. The maximum absolute atomic E-state index is 11.8. The van der Waals surface area contributed by atoms with E-state index < -0.39 is 10.8 Å². The summed E-state index contributed by atoms with van der Waals surface area (Å²) in [6.07, 6.45) is 1.09. The van der Waals surface area contributed by atoms with Gasteiger partial charge in [-0.2, -0.15) is 0 Å². The molecule has 1 rings (SSSR count). The van der Waals surface area contributed by atoms with Crippen LogP contribution in [0.5, 0.6) is 0 Å². The summed E-state index contributed by atoms with van der Waals surface area (Å²) in [5.74, 6) is -0.758. The number of nitro groups is 1. The molecule has 8 nitrogen and oxygen atoms in total. The van der Waals surface area contributed by atoms with Crippen molar-refractivity contribution < 1.29 is 14.5 Å². The highest BCUT2D eigenvalue weighted by atomic mass is 35.5. The predicted molar refractivity (Wildman–Crippen MR) is 71.5 cm³/mol. The number of carbonyl (C=O) groups is 2. The summed E-state index contributed by atoms with van der Waals surface area (Å²) in [7, 11) is 3.21. The number of carbonyl (C=O) groups excluding carboxylic acids is 2. The largest absolute Gasteiger partial charge is 0.351 e. The van der Waals surface area contributed by atoms with Gasteiger partial charge in [-0.25, -0.2) is 4.98 Å². The molecule has 0 unspecified atom stereocenters. The third kappa shape index (κ3) is 4.16. The van der Waals surface area contributed by atoms with E-state index in [4.69, 9.17) is 11.6 Å². The number of hydrogen-bond donors (Lipinski definition) is 1. The maximum Gasteiger partial charge on any atom is 0.288 e. The molecule has 0 aliphatic heterocycles. The number of amides is 2. The molecular weight excluding hydrogens is 288 g/mol. The molecule has 2 amide bonds. The summed E-state index contributed by atoms with van der Waals surface area (Å²) in [6.45, 7) is 0.106. The average Bonchev–Trinajstić information content (AvgIpc) is 2.38. The maximum atomic E-state index is 11.8. The number of rotatable bonds is 5. The quantitative estimate of drug-likeness (QED) is 0.493. The van der Waals surface area contributed by atoms with Crippen LogP contribution in [0, 0.1) is 10.1 Å². The second-order valence-electron chi connectivity index (χ2n) is 4.08. The van der Waals surface area contributed by atoms with Gasteiger partial charge in [0.25, 0.3) is 11.6 Å². The standard InChI is InChI=1S/C11H13ClN4O4/c1-15(2)9(17)3-4-13-11(18)8-5-7(16(19)20)6-14-10(8)12/h5-6H,3-4H2,1-2H3,(H,13,18). The Morgan fingerprint density at radius 3 is 2.70 bits per heavy atom. The molecule has 0 aliphatic carbocycles. The average molecular weight is 301 g/mol. The van der Waals surface area contributed by atoms with Crippen LogP contribution < -0.4 is 5.32 Å². The Morgan fingerprint density at radius 1 is 1.50 bits per heavy atom. The van der Waals surface area contributed by atoms with Gasteiger partial charge in [-0.05, 0) is 0 Å². The molecule has 9 heteroatoms. The van der Waals surface area contributed by atoms with Crippen molar-refractivity contribution in [3.8, 4) is 0 Å². The molecule has 0 fully saturated rings. The molecule has 0 saturated carbocycles. The van der Waals surface area contributed by atoms with Gasteiger partial charge in [-0.15, -0.1) is 0 Å². The molecule has 108 valence electrons. The van der Waals surface area contributed by atoms with Crippen LogP contribution in [-0.4, -0.2) is 47.3 Å². The summed E-state index contributed by atoms with van der Waals surface area (Å²) in [4.78, 5) is 38.0. The molecule has 1 heterocycles. The van der Waals surface area contributed by atoms with Crippen molar-refractivity contribution in [2.24, 2.45) is 0 Å². The second-order valence-corrected chi connectivity index (χ2v) is 4.44. The van der Waals surface area contributed by atoms with Crippen molar-refractivity contribution in [1.82, 2.24) is 15.2 Å². The Labute approximate surface area is 119 Å². The Morgan fingerprint density at radius 2 is 2.15 bits per heavy atom. The SMILES string of the molecule is CN(C)C(=O)CCNC(=O)c1cc([N+](=O)[O-])cnc1Cl. The van der Waals surface area contributed by atoms with Crippen LogP contribution in [-0.2, 0) is 4.79 Å². The number of aromatic nitrogens is 1. The van der Waals surface area contributed by atoms with Gasteiger partial charge in [-0.3, -0.25) is 19.7 Å². The fraction of sp³-hybridized carbons (Fsp3) is 0.364. The number of hydrogen-bond acceptors (Lipinski definition) is 5. The van der Waals surface area contributed by atoms with E-state index in [0.717, 1.165) is 12.3 Å². The van der Waals surface area contributed by atoms with Crippen LogP contribution in [0.3, 0.4) is 0 Å². The lowest BCUT2D eigenvalue weighted by molar-refractivity contribution is -0.385. The first-order chi connectivity index (χ1) is 9.32. The van der Waals surface area contributed by atoms with E-state index in [1.54, 1.807) is 14.1 Å². The van der Waals surface area contributed by atoms with Gasteiger partial charge < -0.3 is 10.2 Å². The van der Waals surface area contributed by atoms with Crippen molar-refractivity contribution in [3.63, 3.8) is 0 Å². The summed E-state index contributed by atoms with van der Waals surface area (Å²) in [5.41, 5.74) is -0.429. The van der Waals surface area contributed by atoms with Crippen LogP contribution >= 0.6 is 11.6 Å². The third-order valence-electron chi connectivity index (χ3n) is 2.40. The lowest BCUT2D eigenvalue weighted by Gasteiger charge is -2.10. The number of nitrogens with one attached hydrogen (secondary N) is 1. The van der Waals surface area contributed by atoms with Crippen molar-refractivity contribution in [2.75, 3.05) is 20.6 Å². The van der Waals surface area contributed by atoms with Crippen molar-refractivity contribution in [1.29, 1.82) is 0 Å². The third-order valence-corrected chi connectivity index (χ3v) is 2.70. The fourth-order valence-electron chi connectivity index (χ4n) is 1.30. The normalized spacial score (nSPS) is 9.95. The van der Waals surface area contributed by atoms with Crippen LogP contribution in [0.1, 0.15) is 16.8 Å². The first-order valence-corrected chi connectivity index (χ1v) is 5.99. The zero-order valence-electron chi connectivity index (χ0n) is 10.9. The van der Waals surface area contributed by atoms with E-state index in [-0.39, 0.29) is 35.3 Å². The Hall–Kier alpha value is -2.22. The Bertz CT molecular complexity index is 547. The predicted octanol–water partition coefficient (Wildman–Crippen LogP) is 0.851. The van der Waals surface area contributed by atoms with Gasteiger partial charge in [0.2, 0.25) is 5.91 Å². The molecule has 0 spiro atoms. The summed E-state index contributed by atoms with van der Waals surface area (Å²) in [6, 6.07) is 1.04. The first-order valence-electron chi connectivity index (χ1n) is 5.61. The first kappa shape index (κ1) is 15.8. The van der Waals surface area contributed by atoms with E-state index in [2.05, 4.69) is 10.3 Å². The molecule has 0 aromatic carbocycles. The molecule has 20 heavy (non-hydrogen) atoms. The van der Waals surface area contributed by atoms with Crippen molar-refractivity contribution in [3.05, 3.63) is 33.1 Å². The van der Waals surface area contributed by atoms with E-state index in [1.807, 2.05) is 0 Å². The Balaban J connectivity index is 2.70. The lowest BCUT2D eigenvalue weighted by Crippen LogP contribution is -2.30. The van der Waals surface area contributed by atoms with E-state index in [9.17, 15) is 19.7 Å². The van der Waals surface area contributed by atoms with Gasteiger partial charge in [0, 0.05) is 33.1 Å². The van der Waals surface area contributed by atoms with E-state index in [1.165, 1.54) is 4.90 Å². The minimum absolute atomic E-state index is 0.0989. The molecule has 1 aromatic heterocycles.